The Bertz CT molecular complexity index is 1240. The van der Waals surface area contributed by atoms with Crippen molar-refractivity contribution >= 4 is 17.6 Å². The van der Waals surface area contributed by atoms with Gasteiger partial charge in [-0.25, -0.2) is 9.78 Å². The Morgan fingerprint density at radius 2 is 1.97 bits per heavy atom. The molecule has 0 bridgehead atoms. The van der Waals surface area contributed by atoms with E-state index in [9.17, 15) is 33.0 Å². The van der Waals surface area contributed by atoms with Gasteiger partial charge in [0.25, 0.3) is 5.91 Å². The molecule has 3 rings (SSSR count). The average Bonchev–Trinajstić information content (AvgIpc) is 2.88. The zero-order valence-corrected chi connectivity index (χ0v) is 22.0. The quantitative estimate of drug-likeness (QED) is 0.495. The first-order valence-electron chi connectivity index (χ1n) is 12.3. The summed E-state index contributed by atoms with van der Waals surface area (Å²) < 4.78 is 44.6. The number of nitrogens with zero attached hydrogens (tertiary/aromatic N) is 3. The van der Waals surface area contributed by atoms with E-state index in [1.807, 2.05) is 6.92 Å². The maximum absolute atomic E-state index is 13.4. The molecule has 2 aromatic rings. The lowest BCUT2D eigenvalue weighted by Gasteiger charge is -2.37. The number of pyridine rings is 1. The number of ether oxygens (including phenoxy) is 1. The molecule has 3 N–H and O–H groups in total. The molecule has 0 fully saturated rings. The van der Waals surface area contributed by atoms with Gasteiger partial charge in [0.05, 0.1) is 24.8 Å². The van der Waals surface area contributed by atoms with Crippen molar-refractivity contribution in [3.63, 3.8) is 0 Å². The van der Waals surface area contributed by atoms with E-state index in [4.69, 9.17) is 4.74 Å². The Kier molecular flexibility index (Phi) is 9.42. The van der Waals surface area contributed by atoms with Crippen LogP contribution in [0, 0.1) is 17.8 Å². The summed E-state index contributed by atoms with van der Waals surface area (Å²) in [5.74, 6) is 4.68. The highest BCUT2D eigenvalue weighted by Crippen LogP contribution is 2.30. The number of alkyl halides is 3. The lowest BCUT2D eigenvalue weighted by atomic mass is 10.00. The Morgan fingerprint density at radius 1 is 1.31 bits per heavy atom. The zero-order valence-electron chi connectivity index (χ0n) is 22.0. The van der Waals surface area contributed by atoms with Gasteiger partial charge in [-0.1, -0.05) is 18.8 Å². The van der Waals surface area contributed by atoms with E-state index in [1.54, 1.807) is 6.92 Å². The first-order valence-corrected chi connectivity index (χ1v) is 12.3. The average molecular weight is 549 g/mol. The maximum atomic E-state index is 13.4. The van der Waals surface area contributed by atoms with Gasteiger partial charge in [0.15, 0.2) is 0 Å². The van der Waals surface area contributed by atoms with Gasteiger partial charge in [0, 0.05) is 37.0 Å². The topological polar surface area (TPSA) is 115 Å². The molecular formula is C27H31F3N4O5. The molecule has 0 aliphatic carbocycles. The highest BCUT2D eigenvalue weighted by molar-refractivity contribution is 5.97. The van der Waals surface area contributed by atoms with Gasteiger partial charge < -0.3 is 30.1 Å². The number of likely N-dealkylation sites (N-methyl/N-ethyl adjacent to an activating group) is 1. The number of carbonyl (C=O) groups is 2. The lowest BCUT2D eigenvalue weighted by Crippen LogP contribution is -2.50. The molecule has 2 heterocycles. The van der Waals surface area contributed by atoms with Crippen molar-refractivity contribution in [3.05, 3.63) is 53.2 Å². The van der Waals surface area contributed by atoms with Crippen molar-refractivity contribution in [1.29, 1.82) is 0 Å². The number of amides is 3. The first-order chi connectivity index (χ1) is 18.3. The molecule has 0 spiro atoms. The summed E-state index contributed by atoms with van der Waals surface area (Å²) in [6.45, 7) is 5.05. The molecule has 1 aliphatic rings. The molecule has 0 saturated carbocycles. The number of aromatic nitrogens is 1. The number of rotatable bonds is 5. The fourth-order valence-corrected chi connectivity index (χ4v) is 3.89. The molecule has 0 unspecified atom stereocenters. The number of benzene rings is 1. The normalized spacial score (nSPS) is 18.9. The van der Waals surface area contributed by atoms with Crippen LogP contribution in [0.5, 0.6) is 5.88 Å². The fourth-order valence-electron chi connectivity index (χ4n) is 3.89. The number of halogens is 3. The number of aliphatic hydroxyl groups is 2. The number of aliphatic hydroxyl groups excluding tert-OH is 2. The third-order valence-electron chi connectivity index (χ3n) is 6.21. The van der Waals surface area contributed by atoms with Crippen LogP contribution in [0.2, 0.25) is 0 Å². The molecule has 1 aromatic carbocycles. The molecule has 210 valence electrons. The third kappa shape index (κ3) is 7.61. The minimum Gasteiger partial charge on any atom is -0.472 e. The Balaban J connectivity index is 1.84. The van der Waals surface area contributed by atoms with E-state index in [1.165, 1.54) is 48.2 Å². The molecule has 4 atom stereocenters. The van der Waals surface area contributed by atoms with E-state index >= 15 is 0 Å². The SMILES string of the molecule is C[C@H](CO)N1C[C@H](C)[C@@H](CN(C)C(=O)Nc2ccc(C(F)(F)F)cc2)Oc2ncc(C#C[C@@H](C)O)cc2C1=O. The molecule has 39 heavy (non-hydrogen) atoms. The maximum Gasteiger partial charge on any atom is 0.416 e. The number of urea groups is 1. The van der Waals surface area contributed by atoms with Crippen LogP contribution in [0.25, 0.3) is 0 Å². The summed E-state index contributed by atoms with van der Waals surface area (Å²) in [6.07, 6.45) is -4.58. The molecule has 1 aromatic heterocycles. The Labute approximate surface area is 224 Å². The van der Waals surface area contributed by atoms with E-state index in [2.05, 4.69) is 22.1 Å². The highest BCUT2D eigenvalue weighted by Gasteiger charge is 2.35. The van der Waals surface area contributed by atoms with Crippen molar-refractivity contribution in [1.82, 2.24) is 14.8 Å². The third-order valence-corrected chi connectivity index (χ3v) is 6.21. The summed E-state index contributed by atoms with van der Waals surface area (Å²) in [7, 11) is 1.51. The Morgan fingerprint density at radius 3 is 2.56 bits per heavy atom. The van der Waals surface area contributed by atoms with Crippen LogP contribution in [0.3, 0.4) is 0 Å². The second-order valence-corrected chi connectivity index (χ2v) is 9.53. The molecular weight excluding hydrogens is 517 g/mol. The van der Waals surface area contributed by atoms with Gasteiger partial charge in [0.1, 0.15) is 17.8 Å². The summed E-state index contributed by atoms with van der Waals surface area (Å²) in [5.41, 5.74) is -0.117. The minimum atomic E-state index is -4.48. The molecule has 12 heteroatoms. The number of nitrogens with one attached hydrogen (secondary N) is 1. The van der Waals surface area contributed by atoms with Crippen molar-refractivity contribution in [2.45, 2.75) is 45.2 Å². The summed E-state index contributed by atoms with van der Waals surface area (Å²) in [4.78, 5) is 33.3. The minimum absolute atomic E-state index is 0.0332. The number of fused-ring (bicyclic) bond motifs is 1. The van der Waals surface area contributed by atoms with Crippen molar-refractivity contribution in [2.75, 3.05) is 32.1 Å². The second-order valence-electron chi connectivity index (χ2n) is 9.53. The van der Waals surface area contributed by atoms with Crippen LogP contribution in [0.4, 0.5) is 23.7 Å². The number of carbonyl (C=O) groups excluding carboxylic acids is 2. The van der Waals surface area contributed by atoms with Gasteiger partial charge >= 0.3 is 12.2 Å². The molecule has 0 saturated heterocycles. The zero-order chi connectivity index (χ0) is 28.9. The molecule has 1 aliphatic heterocycles. The lowest BCUT2D eigenvalue weighted by molar-refractivity contribution is -0.137. The Hall–Kier alpha value is -3.82. The van der Waals surface area contributed by atoms with Gasteiger partial charge in [-0.05, 0) is 44.2 Å². The predicted molar refractivity (Wildman–Crippen MR) is 137 cm³/mol. The van der Waals surface area contributed by atoms with Crippen LogP contribution in [-0.4, -0.2) is 81.9 Å². The van der Waals surface area contributed by atoms with Gasteiger partial charge in [-0.15, -0.1) is 0 Å². The van der Waals surface area contributed by atoms with Crippen LogP contribution >= 0.6 is 0 Å². The predicted octanol–water partition coefficient (Wildman–Crippen LogP) is 3.22. The number of hydrogen-bond donors (Lipinski definition) is 3. The second kappa shape index (κ2) is 12.4. The number of anilines is 1. The summed E-state index contributed by atoms with van der Waals surface area (Å²) >= 11 is 0. The fraction of sp³-hybridized carbons (Fsp3) is 0.444. The van der Waals surface area contributed by atoms with E-state index in [0.717, 1.165) is 12.1 Å². The van der Waals surface area contributed by atoms with Crippen molar-refractivity contribution in [2.24, 2.45) is 5.92 Å². The van der Waals surface area contributed by atoms with E-state index in [0.29, 0.717) is 5.56 Å². The van der Waals surface area contributed by atoms with E-state index < -0.39 is 41.9 Å². The smallest absolute Gasteiger partial charge is 0.416 e. The largest absolute Gasteiger partial charge is 0.472 e. The highest BCUT2D eigenvalue weighted by atomic mass is 19.4. The monoisotopic (exact) mass is 548 g/mol. The van der Waals surface area contributed by atoms with Crippen molar-refractivity contribution < 1.29 is 37.7 Å². The molecule has 3 amide bonds. The van der Waals surface area contributed by atoms with Crippen LogP contribution in [0.1, 0.15) is 42.3 Å². The van der Waals surface area contributed by atoms with Gasteiger partial charge in [0.2, 0.25) is 5.88 Å². The molecule has 9 nitrogen and oxygen atoms in total. The standard InChI is InChI=1S/C27H31F3N4O5/c1-16-13-34(17(2)15-35)25(37)22-11-19(6-5-18(3)36)12-31-24(22)39-23(16)14-33(4)26(38)32-21-9-7-20(8-10-21)27(28,29)30/h7-12,16-18,23,35-36H,13-15H2,1-4H3,(H,32,38)/t16-,17+,18+,23+/m0/s1. The molecule has 0 radical (unpaired) electrons. The summed E-state index contributed by atoms with van der Waals surface area (Å²) in [6, 6.07) is 4.52. The first kappa shape index (κ1) is 29.7. The van der Waals surface area contributed by atoms with Gasteiger partial charge in [-0.2, -0.15) is 13.2 Å². The number of hydrogen-bond acceptors (Lipinski definition) is 6. The summed E-state index contributed by atoms with van der Waals surface area (Å²) in [5, 5.41) is 21.8. The van der Waals surface area contributed by atoms with Crippen molar-refractivity contribution in [3.8, 4) is 17.7 Å². The van der Waals surface area contributed by atoms with Crippen LogP contribution < -0.4 is 10.1 Å². The van der Waals surface area contributed by atoms with E-state index in [-0.39, 0.29) is 42.7 Å². The van der Waals surface area contributed by atoms with Crippen LogP contribution in [0.15, 0.2) is 36.5 Å². The van der Waals surface area contributed by atoms with Gasteiger partial charge in [-0.3, -0.25) is 4.79 Å². The van der Waals surface area contributed by atoms with Crippen LogP contribution in [-0.2, 0) is 6.18 Å².